The number of Topliss-reactive ketones (excluding diaryl/α,β-unsaturated/α-hetero) is 1. The minimum atomic E-state index is -0.272. The molecule has 1 aliphatic heterocycles. The third-order valence-corrected chi connectivity index (χ3v) is 7.53. The van der Waals surface area contributed by atoms with Gasteiger partial charge in [0.2, 0.25) is 5.91 Å². The van der Waals surface area contributed by atoms with E-state index in [2.05, 4.69) is 20.8 Å². The average Bonchev–Trinajstić information content (AvgIpc) is 3.13. The number of fused-ring (bicyclic) bond motifs is 1. The molecule has 1 aromatic carbocycles. The lowest BCUT2D eigenvalue weighted by Crippen LogP contribution is -2.25. The second kappa shape index (κ2) is 7.67. The molecule has 1 saturated carbocycles. The number of carbonyl (C=O) groups excluding carboxylic acids is 2. The van der Waals surface area contributed by atoms with Crippen molar-refractivity contribution >= 4 is 40.5 Å². The Hall–Kier alpha value is -2.45. The van der Waals surface area contributed by atoms with Gasteiger partial charge in [-0.1, -0.05) is 17.8 Å². The van der Waals surface area contributed by atoms with Crippen molar-refractivity contribution in [2.45, 2.75) is 49.6 Å². The van der Waals surface area contributed by atoms with Crippen molar-refractivity contribution in [2.24, 2.45) is 0 Å². The summed E-state index contributed by atoms with van der Waals surface area (Å²) >= 11 is 3.13. The van der Waals surface area contributed by atoms with Crippen LogP contribution in [0, 0.1) is 0 Å². The number of benzene rings is 1. The highest BCUT2D eigenvalue weighted by atomic mass is 32.2. The number of amides is 1. The smallest absolute Gasteiger partial charge is 0.223 e. The monoisotopic (exact) mass is 438 g/mol. The number of nitrogens with zero attached hydrogens (tertiary/aromatic N) is 4. The summed E-state index contributed by atoms with van der Waals surface area (Å²) in [5.74, 6) is 1.02. The first-order valence-electron chi connectivity index (χ1n) is 10.1. The Balaban J connectivity index is 1.37. The number of rotatable bonds is 6. The molecule has 0 saturated heterocycles. The van der Waals surface area contributed by atoms with Crippen LogP contribution in [0.15, 0.2) is 40.9 Å². The number of hydrogen-bond acceptors (Lipinski definition) is 6. The summed E-state index contributed by atoms with van der Waals surface area (Å²) in [7, 11) is 0. The van der Waals surface area contributed by atoms with Gasteiger partial charge in [0, 0.05) is 30.8 Å². The quantitative estimate of drug-likeness (QED) is 0.415. The van der Waals surface area contributed by atoms with Gasteiger partial charge in [-0.15, -0.1) is 21.5 Å². The first-order chi connectivity index (χ1) is 14.5. The molecular formula is C22H22N4O2S2. The number of anilines is 1. The van der Waals surface area contributed by atoms with Crippen LogP contribution >= 0.6 is 23.1 Å². The van der Waals surface area contributed by atoms with Crippen LogP contribution < -0.4 is 4.90 Å². The largest absolute Gasteiger partial charge is 0.312 e. The molecule has 0 spiro atoms. The van der Waals surface area contributed by atoms with Crippen LogP contribution in [0.2, 0.25) is 0 Å². The van der Waals surface area contributed by atoms with Gasteiger partial charge in [-0.05, 0) is 61.4 Å². The molecule has 0 N–H and O–H groups in total. The predicted octanol–water partition coefficient (Wildman–Crippen LogP) is 4.61. The summed E-state index contributed by atoms with van der Waals surface area (Å²) in [5.41, 5.74) is 2.68. The molecule has 0 radical (unpaired) electrons. The molecule has 3 aromatic rings. The lowest BCUT2D eigenvalue weighted by atomic mass is 10.0. The Morgan fingerprint density at radius 3 is 2.77 bits per heavy atom. The van der Waals surface area contributed by atoms with E-state index in [-0.39, 0.29) is 16.9 Å². The number of aromatic nitrogens is 3. The fourth-order valence-corrected chi connectivity index (χ4v) is 5.62. The molecule has 2 aliphatic rings. The lowest BCUT2D eigenvalue weighted by molar-refractivity contribution is -0.116. The van der Waals surface area contributed by atoms with Gasteiger partial charge in [0.15, 0.2) is 16.8 Å². The van der Waals surface area contributed by atoms with Crippen molar-refractivity contribution in [2.75, 3.05) is 11.4 Å². The van der Waals surface area contributed by atoms with E-state index in [0.29, 0.717) is 18.2 Å². The van der Waals surface area contributed by atoms with Gasteiger partial charge >= 0.3 is 0 Å². The van der Waals surface area contributed by atoms with Crippen molar-refractivity contribution in [3.05, 3.63) is 46.8 Å². The maximum Gasteiger partial charge on any atom is 0.223 e. The molecule has 5 rings (SSSR count). The topological polar surface area (TPSA) is 68.1 Å². The van der Waals surface area contributed by atoms with Crippen LogP contribution in [0.5, 0.6) is 0 Å². The van der Waals surface area contributed by atoms with Gasteiger partial charge in [0.05, 0.1) is 10.1 Å². The van der Waals surface area contributed by atoms with Crippen LogP contribution in [-0.4, -0.2) is 38.2 Å². The van der Waals surface area contributed by atoms with Gasteiger partial charge < -0.3 is 4.90 Å². The van der Waals surface area contributed by atoms with E-state index in [1.54, 1.807) is 23.2 Å². The molecule has 1 amide bonds. The zero-order chi connectivity index (χ0) is 20.8. The fraction of sp³-hybridized carbons (Fsp3) is 0.364. The third-order valence-electron chi connectivity index (χ3n) is 5.61. The van der Waals surface area contributed by atoms with Crippen molar-refractivity contribution in [1.82, 2.24) is 14.8 Å². The van der Waals surface area contributed by atoms with Crippen molar-refractivity contribution in [3.8, 4) is 10.7 Å². The molecule has 8 heteroatoms. The van der Waals surface area contributed by atoms with E-state index >= 15 is 0 Å². The van der Waals surface area contributed by atoms with Gasteiger partial charge in [-0.2, -0.15) is 0 Å². The molecule has 2 aromatic heterocycles. The molecule has 1 atom stereocenters. The molecule has 1 unspecified atom stereocenters. The minimum Gasteiger partial charge on any atom is -0.312 e. The molecular weight excluding hydrogens is 416 g/mol. The third kappa shape index (κ3) is 3.48. The van der Waals surface area contributed by atoms with Gasteiger partial charge in [-0.25, -0.2) is 0 Å². The van der Waals surface area contributed by atoms with E-state index in [4.69, 9.17) is 0 Å². The number of hydrogen-bond donors (Lipinski definition) is 0. The van der Waals surface area contributed by atoms with Crippen LogP contribution in [-0.2, 0) is 11.2 Å². The maximum absolute atomic E-state index is 13.1. The average molecular weight is 439 g/mol. The first-order valence-corrected chi connectivity index (χ1v) is 11.9. The van der Waals surface area contributed by atoms with Crippen molar-refractivity contribution in [1.29, 1.82) is 0 Å². The second-order valence-electron chi connectivity index (χ2n) is 7.77. The summed E-state index contributed by atoms with van der Waals surface area (Å²) in [6, 6.07) is 10.2. The summed E-state index contributed by atoms with van der Waals surface area (Å²) in [6.45, 7) is 4.19. The molecule has 3 heterocycles. The number of carbonyl (C=O) groups is 2. The summed E-state index contributed by atoms with van der Waals surface area (Å²) in [5, 5.41) is 11.4. The molecule has 0 bridgehead atoms. The van der Waals surface area contributed by atoms with Gasteiger partial charge in [-0.3, -0.25) is 14.2 Å². The highest BCUT2D eigenvalue weighted by Gasteiger charge is 2.32. The van der Waals surface area contributed by atoms with Gasteiger partial charge in [0.1, 0.15) is 0 Å². The van der Waals surface area contributed by atoms with Crippen molar-refractivity contribution < 1.29 is 9.59 Å². The Bertz CT molecular complexity index is 1120. The van der Waals surface area contributed by atoms with E-state index in [1.165, 1.54) is 11.8 Å². The SMILES string of the molecule is CC(=O)N1CCc2cc(C(=O)C(C)Sc3nnc(-c4cccs4)n3C3CC3)ccc21. The van der Waals surface area contributed by atoms with E-state index < -0.39 is 0 Å². The number of ketones is 1. The first kappa shape index (κ1) is 19.5. The summed E-state index contributed by atoms with van der Waals surface area (Å²) < 4.78 is 2.20. The zero-order valence-electron chi connectivity index (χ0n) is 16.9. The van der Waals surface area contributed by atoms with E-state index in [9.17, 15) is 9.59 Å². The number of thioether (sulfide) groups is 1. The lowest BCUT2D eigenvalue weighted by Gasteiger charge is -2.15. The van der Waals surface area contributed by atoms with E-state index in [0.717, 1.165) is 46.4 Å². The van der Waals surface area contributed by atoms with E-state index in [1.807, 2.05) is 36.6 Å². The highest BCUT2D eigenvalue weighted by molar-refractivity contribution is 8.00. The van der Waals surface area contributed by atoms with Crippen LogP contribution in [0.1, 0.15) is 48.7 Å². The zero-order valence-corrected chi connectivity index (χ0v) is 18.5. The molecule has 30 heavy (non-hydrogen) atoms. The Morgan fingerprint density at radius 1 is 1.23 bits per heavy atom. The van der Waals surface area contributed by atoms with Crippen LogP contribution in [0.4, 0.5) is 5.69 Å². The molecule has 1 aliphatic carbocycles. The van der Waals surface area contributed by atoms with Crippen molar-refractivity contribution in [3.63, 3.8) is 0 Å². The normalized spacial score (nSPS) is 16.5. The Labute approximate surface area is 183 Å². The molecule has 6 nitrogen and oxygen atoms in total. The molecule has 1 fully saturated rings. The summed E-state index contributed by atoms with van der Waals surface area (Å²) in [6.07, 6.45) is 3.05. The fourth-order valence-electron chi connectivity index (χ4n) is 3.92. The minimum absolute atomic E-state index is 0.0395. The number of thiophene rings is 1. The van der Waals surface area contributed by atoms with Gasteiger partial charge in [0.25, 0.3) is 0 Å². The van der Waals surface area contributed by atoms with Crippen LogP contribution in [0.25, 0.3) is 10.7 Å². The Kier molecular flexibility index (Phi) is 4.99. The summed E-state index contributed by atoms with van der Waals surface area (Å²) in [4.78, 5) is 27.8. The molecule has 154 valence electrons. The standard InChI is InChI=1S/C22H22N4O2S2/c1-13(20(28)16-5-8-18-15(12-16)9-10-25(18)14(2)27)30-22-24-23-21(19-4-3-11-29-19)26(22)17-6-7-17/h3-5,8,11-13,17H,6-7,9-10H2,1-2H3. The maximum atomic E-state index is 13.1. The second-order valence-corrected chi connectivity index (χ2v) is 10.0. The Morgan fingerprint density at radius 2 is 2.07 bits per heavy atom. The predicted molar refractivity (Wildman–Crippen MR) is 119 cm³/mol. The van der Waals surface area contributed by atoms with Crippen LogP contribution in [0.3, 0.4) is 0 Å². The highest BCUT2D eigenvalue weighted by Crippen LogP contribution is 2.42.